The van der Waals surface area contributed by atoms with Gasteiger partial charge in [0.2, 0.25) is 0 Å². The summed E-state index contributed by atoms with van der Waals surface area (Å²) in [6.45, 7) is 27.9. The van der Waals surface area contributed by atoms with Crippen molar-refractivity contribution in [3.8, 4) is 0 Å². The molecule has 2 N–H and O–H groups in total. The molecule has 0 aliphatic carbocycles. The summed E-state index contributed by atoms with van der Waals surface area (Å²) >= 11 is 0. The standard InChI is InChI=1S/C25H54N2O/c1-15-23(10,21(6,7)26-13)19-25(12,17-3)28-22(8,9)20(4,5)18-24(11,16-2)27-14/h26-27H,15-19H2,1-14H3. The highest BCUT2D eigenvalue weighted by atomic mass is 16.5. The summed E-state index contributed by atoms with van der Waals surface area (Å²) < 4.78 is 7.06. The maximum Gasteiger partial charge on any atom is 0.0685 e. The lowest BCUT2D eigenvalue weighted by molar-refractivity contribution is -0.203. The van der Waals surface area contributed by atoms with E-state index in [0.717, 1.165) is 32.1 Å². The molecule has 0 aromatic rings. The minimum absolute atomic E-state index is 0.0400. The summed E-state index contributed by atoms with van der Waals surface area (Å²) in [5.41, 5.74) is -0.0354. The molecule has 3 nitrogen and oxygen atoms in total. The molecule has 0 saturated heterocycles. The number of rotatable bonds is 13. The van der Waals surface area contributed by atoms with E-state index >= 15 is 0 Å². The topological polar surface area (TPSA) is 33.3 Å². The summed E-state index contributed by atoms with van der Waals surface area (Å²) in [6.07, 6.45) is 5.36. The van der Waals surface area contributed by atoms with Crippen LogP contribution in [0.4, 0.5) is 0 Å². The Bertz CT molecular complexity index is 479. The van der Waals surface area contributed by atoms with Crippen LogP contribution in [0.15, 0.2) is 0 Å². The third-order valence-electron chi connectivity index (χ3n) is 8.77. The van der Waals surface area contributed by atoms with E-state index in [0.29, 0.717) is 0 Å². The minimum atomic E-state index is -0.233. The van der Waals surface area contributed by atoms with Gasteiger partial charge in [0.15, 0.2) is 0 Å². The lowest BCUT2D eigenvalue weighted by Gasteiger charge is -2.53. The number of nitrogens with one attached hydrogen (secondary N) is 2. The second-order valence-electron chi connectivity index (χ2n) is 11.6. The molecule has 170 valence electrons. The molecular weight excluding hydrogens is 344 g/mol. The number of ether oxygens (including phenoxy) is 1. The minimum Gasteiger partial charge on any atom is -0.369 e. The van der Waals surface area contributed by atoms with Gasteiger partial charge >= 0.3 is 0 Å². The van der Waals surface area contributed by atoms with Crippen molar-refractivity contribution < 1.29 is 4.74 Å². The van der Waals surface area contributed by atoms with E-state index in [9.17, 15) is 0 Å². The maximum atomic E-state index is 7.06. The van der Waals surface area contributed by atoms with E-state index in [1.54, 1.807) is 0 Å². The van der Waals surface area contributed by atoms with Crippen LogP contribution >= 0.6 is 0 Å². The monoisotopic (exact) mass is 398 g/mol. The van der Waals surface area contributed by atoms with Crippen molar-refractivity contribution >= 4 is 0 Å². The number of hydrogen-bond acceptors (Lipinski definition) is 3. The third kappa shape index (κ3) is 6.19. The van der Waals surface area contributed by atoms with Gasteiger partial charge in [0.05, 0.1) is 11.2 Å². The molecule has 0 fully saturated rings. The van der Waals surface area contributed by atoms with Gasteiger partial charge in [-0.15, -0.1) is 0 Å². The van der Waals surface area contributed by atoms with Gasteiger partial charge in [-0.05, 0) is 98.6 Å². The normalized spacial score (nSPS) is 20.4. The first-order valence-corrected chi connectivity index (χ1v) is 11.5. The van der Waals surface area contributed by atoms with Gasteiger partial charge in [0, 0.05) is 11.1 Å². The summed E-state index contributed by atoms with van der Waals surface area (Å²) in [5, 5.41) is 7.10. The first-order chi connectivity index (χ1) is 12.4. The molecule has 0 radical (unpaired) electrons. The van der Waals surface area contributed by atoms with Crippen LogP contribution in [0.25, 0.3) is 0 Å². The summed E-state index contributed by atoms with van der Waals surface area (Å²) in [5.74, 6) is 0. The van der Waals surface area contributed by atoms with E-state index in [1.165, 1.54) is 0 Å². The average molecular weight is 399 g/mol. The van der Waals surface area contributed by atoms with Crippen LogP contribution in [0.5, 0.6) is 0 Å². The van der Waals surface area contributed by atoms with Crippen molar-refractivity contribution in [1.29, 1.82) is 0 Å². The summed E-state index contributed by atoms with van der Waals surface area (Å²) in [7, 11) is 4.16. The Labute approximate surface area is 178 Å². The Balaban J connectivity index is 5.76. The molecule has 3 atom stereocenters. The van der Waals surface area contributed by atoms with Crippen molar-refractivity contribution in [3.63, 3.8) is 0 Å². The fourth-order valence-electron chi connectivity index (χ4n) is 4.48. The molecule has 0 amide bonds. The molecule has 0 rings (SSSR count). The van der Waals surface area contributed by atoms with E-state index in [-0.39, 0.29) is 33.1 Å². The Morgan fingerprint density at radius 2 is 1.14 bits per heavy atom. The number of hydrogen-bond donors (Lipinski definition) is 2. The first kappa shape index (κ1) is 27.9. The second-order valence-corrected chi connectivity index (χ2v) is 11.6. The van der Waals surface area contributed by atoms with Gasteiger partial charge in [-0.25, -0.2) is 0 Å². The van der Waals surface area contributed by atoms with Crippen LogP contribution in [0.2, 0.25) is 0 Å². The predicted octanol–water partition coefficient (Wildman–Crippen LogP) is 6.56. The lowest BCUT2D eigenvalue weighted by atomic mass is 9.64. The van der Waals surface area contributed by atoms with Gasteiger partial charge < -0.3 is 15.4 Å². The smallest absolute Gasteiger partial charge is 0.0685 e. The zero-order valence-corrected chi connectivity index (χ0v) is 21.9. The largest absolute Gasteiger partial charge is 0.369 e. The SMILES string of the molecule is CCC(C)(CC(C)(C)C(C)(C)OC(C)(CC)CC(C)(CC)C(C)(C)NC)NC. The highest BCUT2D eigenvalue weighted by molar-refractivity contribution is 5.01. The van der Waals surface area contributed by atoms with Gasteiger partial charge in [-0.2, -0.15) is 0 Å². The molecule has 0 aromatic heterocycles. The Hall–Kier alpha value is -0.120. The van der Waals surface area contributed by atoms with Crippen LogP contribution in [-0.4, -0.2) is 36.4 Å². The summed E-state index contributed by atoms with van der Waals surface area (Å²) in [6, 6.07) is 0. The van der Waals surface area contributed by atoms with Gasteiger partial charge in [-0.1, -0.05) is 41.5 Å². The Morgan fingerprint density at radius 3 is 1.46 bits per heavy atom. The quantitative estimate of drug-likeness (QED) is 0.368. The Morgan fingerprint density at radius 1 is 0.643 bits per heavy atom. The van der Waals surface area contributed by atoms with Crippen LogP contribution in [0.1, 0.15) is 115 Å². The molecule has 0 aliphatic rings. The summed E-state index contributed by atoms with van der Waals surface area (Å²) in [4.78, 5) is 0. The van der Waals surface area contributed by atoms with Gasteiger partial charge in [-0.3, -0.25) is 0 Å². The van der Waals surface area contributed by atoms with Crippen molar-refractivity contribution in [2.24, 2.45) is 10.8 Å². The highest BCUT2D eigenvalue weighted by Gasteiger charge is 2.49. The molecule has 0 aromatic carbocycles. The zero-order chi connectivity index (χ0) is 22.7. The van der Waals surface area contributed by atoms with Crippen LogP contribution in [-0.2, 0) is 4.74 Å². The highest BCUT2D eigenvalue weighted by Crippen LogP contribution is 2.48. The fourth-order valence-corrected chi connectivity index (χ4v) is 4.48. The molecule has 0 spiro atoms. The molecule has 0 heterocycles. The average Bonchev–Trinajstić information content (AvgIpc) is 2.60. The van der Waals surface area contributed by atoms with Crippen molar-refractivity contribution in [2.45, 2.75) is 137 Å². The molecule has 0 saturated carbocycles. The van der Waals surface area contributed by atoms with Crippen molar-refractivity contribution in [1.82, 2.24) is 10.6 Å². The van der Waals surface area contributed by atoms with Crippen LogP contribution < -0.4 is 10.6 Å². The molecule has 0 bridgehead atoms. The first-order valence-electron chi connectivity index (χ1n) is 11.5. The predicted molar refractivity (Wildman–Crippen MR) is 126 cm³/mol. The van der Waals surface area contributed by atoms with Crippen molar-refractivity contribution in [3.05, 3.63) is 0 Å². The molecular formula is C25H54N2O. The lowest BCUT2D eigenvalue weighted by Crippen LogP contribution is -2.57. The van der Waals surface area contributed by atoms with Crippen molar-refractivity contribution in [2.75, 3.05) is 14.1 Å². The molecule has 3 heteroatoms. The third-order valence-corrected chi connectivity index (χ3v) is 8.77. The van der Waals surface area contributed by atoms with E-state index in [1.807, 2.05) is 0 Å². The van der Waals surface area contributed by atoms with E-state index in [2.05, 4.69) is 108 Å². The van der Waals surface area contributed by atoms with Crippen LogP contribution in [0, 0.1) is 10.8 Å². The van der Waals surface area contributed by atoms with Gasteiger partial charge in [0.25, 0.3) is 0 Å². The zero-order valence-electron chi connectivity index (χ0n) is 21.9. The van der Waals surface area contributed by atoms with Crippen LogP contribution in [0.3, 0.4) is 0 Å². The van der Waals surface area contributed by atoms with E-state index < -0.39 is 0 Å². The molecule has 0 aliphatic heterocycles. The van der Waals surface area contributed by atoms with Gasteiger partial charge in [0.1, 0.15) is 0 Å². The fraction of sp³-hybridized carbons (Fsp3) is 1.00. The Kier molecular flexibility index (Phi) is 9.31. The molecule has 28 heavy (non-hydrogen) atoms. The van der Waals surface area contributed by atoms with E-state index in [4.69, 9.17) is 4.74 Å². The maximum absolute atomic E-state index is 7.06. The molecule has 3 unspecified atom stereocenters. The second kappa shape index (κ2) is 9.35.